The number of nitrogens with two attached hydrogens (primary N) is 1. The van der Waals surface area contributed by atoms with Crippen molar-refractivity contribution < 1.29 is 19.5 Å². The molecule has 0 spiro atoms. The van der Waals surface area contributed by atoms with Gasteiger partial charge in [0.15, 0.2) is 0 Å². The molecule has 0 saturated carbocycles. The predicted molar refractivity (Wildman–Crippen MR) is 70.5 cm³/mol. The van der Waals surface area contributed by atoms with E-state index in [0.29, 0.717) is 13.0 Å². The van der Waals surface area contributed by atoms with E-state index >= 15 is 0 Å². The van der Waals surface area contributed by atoms with Crippen LogP contribution in [0, 0.1) is 0 Å². The van der Waals surface area contributed by atoms with Crippen molar-refractivity contribution in [1.29, 1.82) is 0 Å². The molecule has 0 radical (unpaired) electrons. The molecule has 0 heterocycles. The monoisotopic (exact) mass is 273 g/mol. The Morgan fingerprint density at radius 1 is 1.11 bits per heavy atom. The van der Waals surface area contributed by atoms with Crippen LogP contribution >= 0.6 is 0 Å². The van der Waals surface area contributed by atoms with E-state index in [4.69, 9.17) is 10.8 Å². The summed E-state index contributed by atoms with van der Waals surface area (Å²) < 4.78 is 0. The highest BCUT2D eigenvalue weighted by atomic mass is 16.4. The Hall–Kier alpha value is -1.79. The van der Waals surface area contributed by atoms with Crippen molar-refractivity contribution in [2.45, 2.75) is 51.5 Å². The van der Waals surface area contributed by atoms with Crippen LogP contribution in [0.15, 0.2) is 0 Å². The molecule has 0 aliphatic heterocycles. The molecule has 0 atom stereocenters. The van der Waals surface area contributed by atoms with Crippen molar-refractivity contribution in [3.63, 3.8) is 0 Å². The Kier molecular flexibility index (Phi) is 7.55. The van der Waals surface area contributed by atoms with E-state index in [1.165, 1.54) is 13.8 Å². The Labute approximate surface area is 112 Å². The van der Waals surface area contributed by atoms with E-state index < -0.39 is 23.4 Å². The van der Waals surface area contributed by atoms with Crippen LogP contribution in [-0.2, 0) is 9.59 Å². The average Bonchev–Trinajstić information content (AvgIpc) is 2.26. The van der Waals surface area contributed by atoms with Crippen LogP contribution in [0.25, 0.3) is 0 Å². The van der Waals surface area contributed by atoms with Crippen LogP contribution in [0.2, 0.25) is 0 Å². The van der Waals surface area contributed by atoms with Gasteiger partial charge in [-0.05, 0) is 26.7 Å². The lowest BCUT2D eigenvalue weighted by Crippen LogP contribution is -2.55. The van der Waals surface area contributed by atoms with Gasteiger partial charge in [-0.1, -0.05) is 12.8 Å². The number of hydrogen-bond donors (Lipinski definition) is 4. The molecule has 5 N–H and O–H groups in total. The molecular weight excluding hydrogens is 250 g/mol. The van der Waals surface area contributed by atoms with E-state index in [1.807, 2.05) is 0 Å². The largest absolute Gasteiger partial charge is 0.481 e. The lowest BCUT2D eigenvalue weighted by atomic mass is 10.1. The number of unbranched alkanes of at least 4 members (excludes halogenated alkanes) is 3. The quantitative estimate of drug-likeness (QED) is 0.459. The first-order valence-electron chi connectivity index (χ1n) is 6.33. The van der Waals surface area contributed by atoms with Gasteiger partial charge < -0.3 is 21.5 Å². The average molecular weight is 273 g/mol. The molecule has 0 unspecified atom stereocenters. The number of carbonyl (C=O) groups excluding carboxylic acids is 2. The number of carboxylic acid groups (broad SMARTS) is 1. The number of carbonyl (C=O) groups is 3. The molecular formula is C12H23N3O4. The van der Waals surface area contributed by atoms with Gasteiger partial charge in [0.1, 0.15) is 5.54 Å². The topological polar surface area (TPSA) is 122 Å². The van der Waals surface area contributed by atoms with Gasteiger partial charge in [0.05, 0.1) is 0 Å². The fourth-order valence-corrected chi connectivity index (χ4v) is 1.35. The normalized spacial score (nSPS) is 10.8. The maximum absolute atomic E-state index is 11.4. The fourth-order valence-electron chi connectivity index (χ4n) is 1.35. The first-order chi connectivity index (χ1) is 8.75. The zero-order valence-electron chi connectivity index (χ0n) is 11.5. The molecule has 3 amide bonds. The zero-order valence-corrected chi connectivity index (χ0v) is 11.5. The Morgan fingerprint density at radius 3 is 2.21 bits per heavy atom. The van der Waals surface area contributed by atoms with E-state index in [1.54, 1.807) is 0 Å². The minimum absolute atomic E-state index is 0.181. The van der Waals surface area contributed by atoms with Crippen molar-refractivity contribution >= 4 is 17.9 Å². The van der Waals surface area contributed by atoms with E-state index in [2.05, 4.69) is 10.6 Å². The van der Waals surface area contributed by atoms with E-state index in [0.717, 1.165) is 19.3 Å². The van der Waals surface area contributed by atoms with Crippen LogP contribution in [0.4, 0.5) is 4.79 Å². The van der Waals surface area contributed by atoms with Crippen LogP contribution in [0.3, 0.4) is 0 Å². The molecule has 0 aliphatic rings. The Morgan fingerprint density at radius 2 is 1.68 bits per heavy atom. The Bertz CT molecular complexity index is 329. The van der Waals surface area contributed by atoms with E-state index in [-0.39, 0.29) is 6.42 Å². The summed E-state index contributed by atoms with van der Waals surface area (Å²) in [6, 6.07) is -0.436. The van der Waals surface area contributed by atoms with Crippen molar-refractivity contribution in [2.24, 2.45) is 5.73 Å². The molecule has 0 aromatic heterocycles. The summed E-state index contributed by atoms with van der Waals surface area (Å²) >= 11 is 0. The molecule has 7 nitrogen and oxygen atoms in total. The van der Waals surface area contributed by atoms with Gasteiger partial charge in [-0.3, -0.25) is 9.59 Å². The Balaban J connectivity index is 3.59. The standard InChI is InChI=1S/C12H23N3O4/c1-12(2,10(13)18)15-11(19)14-8-6-4-3-5-7-9(16)17/h3-8H2,1-2H3,(H2,13,18)(H,16,17)(H2,14,15,19). The SMILES string of the molecule is CC(C)(NC(=O)NCCCCCCC(=O)O)C(N)=O. The molecule has 0 aromatic rings. The van der Waals surface area contributed by atoms with Crippen LogP contribution in [-0.4, -0.2) is 35.1 Å². The number of primary amides is 1. The maximum atomic E-state index is 11.4. The summed E-state index contributed by atoms with van der Waals surface area (Å²) in [6.07, 6.45) is 3.27. The number of urea groups is 1. The van der Waals surface area contributed by atoms with Gasteiger partial charge in [0, 0.05) is 13.0 Å². The molecule has 0 rings (SSSR count). The summed E-state index contributed by atoms with van der Waals surface area (Å²) in [5, 5.41) is 13.5. The summed E-state index contributed by atoms with van der Waals surface area (Å²) in [5.74, 6) is -1.39. The number of hydrogen-bond acceptors (Lipinski definition) is 3. The summed E-state index contributed by atoms with van der Waals surface area (Å²) in [6.45, 7) is 3.54. The molecule has 110 valence electrons. The maximum Gasteiger partial charge on any atom is 0.315 e. The minimum Gasteiger partial charge on any atom is -0.481 e. The second-order valence-electron chi connectivity index (χ2n) is 4.93. The molecule has 0 saturated heterocycles. The van der Waals surface area contributed by atoms with Crippen LogP contribution < -0.4 is 16.4 Å². The second-order valence-corrected chi connectivity index (χ2v) is 4.93. The minimum atomic E-state index is -1.08. The zero-order chi connectivity index (χ0) is 14.9. The molecule has 0 aliphatic carbocycles. The number of amides is 3. The molecule has 19 heavy (non-hydrogen) atoms. The highest BCUT2D eigenvalue weighted by Gasteiger charge is 2.26. The van der Waals surface area contributed by atoms with Gasteiger partial charge in [-0.2, -0.15) is 0 Å². The van der Waals surface area contributed by atoms with Crippen LogP contribution in [0.5, 0.6) is 0 Å². The number of nitrogens with one attached hydrogen (secondary N) is 2. The predicted octanol–water partition coefficient (Wildman–Crippen LogP) is 0.585. The van der Waals surface area contributed by atoms with E-state index in [9.17, 15) is 14.4 Å². The third kappa shape index (κ3) is 8.87. The molecule has 7 heteroatoms. The van der Waals surface area contributed by atoms with Crippen molar-refractivity contribution in [3.05, 3.63) is 0 Å². The number of carboxylic acids is 1. The highest BCUT2D eigenvalue weighted by Crippen LogP contribution is 2.02. The second kappa shape index (κ2) is 8.34. The van der Waals surface area contributed by atoms with Crippen LogP contribution in [0.1, 0.15) is 46.0 Å². The summed E-state index contributed by atoms with van der Waals surface area (Å²) in [5.41, 5.74) is 4.05. The highest BCUT2D eigenvalue weighted by molar-refractivity contribution is 5.89. The first kappa shape index (κ1) is 17.2. The van der Waals surface area contributed by atoms with Gasteiger partial charge in [0.2, 0.25) is 5.91 Å². The van der Waals surface area contributed by atoms with Crippen molar-refractivity contribution in [1.82, 2.24) is 10.6 Å². The van der Waals surface area contributed by atoms with Gasteiger partial charge >= 0.3 is 12.0 Å². The lowest BCUT2D eigenvalue weighted by molar-refractivity contribution is -0.137. The van der Waals surface area contributed by atoms with Gasteiger partial charge in [0.25, 0.3) is 0 Å². The molecule has 0 bridgehead atoms. The summed E-state index contributed by atoms with van der Waals surface area (Å²) in [7, 11) is 0. The first-order valence-corrected chi connectivity index (χ1v) is 6.33. The molecule has 0 aromatic carbocycles. The van der Waals surface area contributed by atoms with Crippen molar-refractivity contribution in [3.8, 4) is 0 Å². The smallest absolute Gasteiger partial charge is 0.315 e. The number of rotatable bonds is 9. The lowest BCUT2D eigenvalue weighted by Gasteiger charge is -2.22. The molecule has 0 fully saturated rings. The fraction of sp³-hybridized carbons (Fsp3) is 0.750. The number of aliphatic carboxylic acids is 1. The summed E-state index contributed by atoms with van der Waals surface area (Å²) in [4.78, 5) is 32.7. The van der Waals surface area contributed by atoms with Gasteiger partial charge in [-0.15, -0.1) is 0 Å². The third-order valence-corrected chi connectivity index (χ3v) is 2.65. The third-order valence-electron chi connectivity index (χ3n) is 2.65. The van der Waals surface area contributed by atoms with Crippen molar-refractivity contribution in [2.75, 3.05) is 6.54 Å². The van der Waals surface area contributed by atoms with Gasteiger partial charge in [-0.25, -0.2) is 4.79 Å².